The molecule has 5 nitrogen and oxygen atoms in total. The Morgan fingerprint density at radius 2 is 1.54 bits per heavy atom. The molecule has 0 radical (unpaired) electrons. The number of piperidine rings is 1. The molecule has 1 heterocycles. The highest BCUT2D eigenvalue weighted by atomic mass is 19.1. The van der Waals surface area contributed by atoms with Gasteiger partial charge in [0.2, 0.25) is 0 Å². The maximum absolute atomic E-state index is 12.8. The molecule has 1 aliphatic heterocycles. The second-order valence-electron chi connectivity index (χ2n) is 5.99. The highest BCUT2D eigenvalue weighted by Crippen LogP contribution is 2.19. The first kappa shape index (κ1) is 19.4. The van der Waals surface area contributed by atoms with Crippen LogP contribution in [0.25, 0.3) is 0 Å². The van der Waals surface area contributed by atoms with Crippen LogP contribution in [0.5, 0.6) is 0 Å². The predicted octanol–water partition coefficient (Wildman–Crippen LogP) is 3.17. The van der Waals surface area contributed by atoms with Crippen molar-refractivity contribution in [2.24, 2.45) is 5.92 Å². The number of amides is 1. The van der Waals surface area contributed by atoms with Gasteiger partial charge in [-0.25, -0.2) is 8.78 Å². The summed E-state index contributed by atoms with van der Waals surface area (Å²) in [6.45, 7) is 0.783. The topological polar surface area (TPSA) is 83.6 Å². The Morgan fingerprint density at radius 3 is 2.04 bits per heavy atom. The monoisotopic (exact) mass is 362 g/mol. The molecule has 0 spiro atoms. The zero-order valence-corrected chi connectivity index (χ0v) is 14.1. The summed E-state index contributed by atoms with van der Waals surface area (Å²) in [6, 6.07) is 11.0. The summed E-state index contributed by atoms with van der Waals surface area (Å²) in [7, 11) is 0. The molecule has 1 aliphatic rings. The van der Waals surface area contributed by atoms with Crippen LogP contribution in [0, 0.1) is 17.6 Å². The highest BCUT2D eigenvalue weighted by Gasteiger charge is 2.28. The number of carboxylic acid groups (broad SMARTS) is 1. The highest BCUT2D eigenvalue weighted by molar-refractivity contribution is 5.94. The van der Waals surface area contributed by atoms with Crippen LogP contribution < -0.4 is 5.73 Å². The van der Waals surface area contributed by atoms with Crippen LogP contribution in [-0.2, 0) is 4.79 Å². The van der Waals surface area contributed by atoms with Gasteiger partial charge >= 0.3 is 5.97 Å². The molecular formula is C19H20F2N2O3. The van der Waals surface area contributed by atoms with E-state index in [-0.39, 0.29) is 18.3 Å². The smallest absolute Gasteiger partial charge is 0.308 e. The number of rotatable bonds is 2. The standard InChI is InChI=1S/C13H14FNO3.C6H6FN/c14-11-5-3-9(4-6-11)12(16)15-7-1-2-10(8-15)13(17)18;7-5-1-3-6(8)4-2-5/h3-6,10H,1-2,7-8H2,(H,17,18);1-4H,8H2/t10-;/m0./s1. The van der Waals surface area contributed by atoms with Crippen LogP contribution in [0.2, 0.25) is 0 Å². The fourth-order valence-corrected chi connectivity index (χ4v) is 2.60. The SMILES string of the molecule is Nc1ccc(F)cc1.O=C(O)[C@H]1CCCN(C(=O)c2ccc(F)cc2)C1. The maximum Gasteiger partial charge on any atom is 0.308 e. The molecule has 3 N–H and O–H groups in total. The molecule has 138 valence electrons. The van der Waals surface area contributed by atoms with Crippen molar-refractivity contribution in [3.05, 3.63) is 65.7 Å². The van der Waals surface area contributed by atoms with E-state index in [1.54, 1.807) is 0 Å². The number of nitrogen functional groups attached to an aromatic ring is 1. The molecular weight excluding hydrogens is 342 g/mol. The van der Waals surface area contributed by atoms with Gasteiger partial charge < -0.3 is 15.7 Å². The summed E-state index contributed by atoms with van der Waals surface area (Å²) in [5.74, 6) is -2.25. The minimum Gasteiger partial charge on any atom is -0.481 e. The van der Waals surface area contributed by atoms with E-state index in [9.17, 15) is 18.4 Å². The van der Waals surface area contributed by atoms with Gasteiger partial charge in [-0.15, -0.1) is 0 Å². The van der Waals surface area contributed by atoms with E-state index < -0.39 is 17.7 Å². The molecule has 1 amide bonds. The van der Waals surface area contributed by atoms with Gasteiger partial charge in [-0.2, -0.15) is 0 Å². The van der Waals surface area contributed by atoms with Crippen molar-refractivity contribution in [1.82, 2.24) is 4.90 Å². The van der Waals surface area contributed by atoms with E-state index in [0.717, 1.165) is 0 Å². The number of nitrogens with two attached hydrogens (primary N) is 1. The average Bonchev–Trinajstić information content (AvgIpc) is 2.65. The number of aliphatic carboxylic acids is 1. The first-order valence-electron chi connectivity index (χ1n) is 8.15. The quantitative estimate of drug-likeness (QED) is 0.804. The molecule has 7 heteroatoms. The minimum atomic E-state index is -0.869. The number of benzene rings is 2. The van der Waals surface area contributed by atoms with E-state index in [2.05, 4.69) is 0 Å². The number of carboxylic acids is 1. The minimum absolute atomic E-state index is 0.228. The number of nitrogens with zero attached hydrogens (tertiary/aromatic N) is 1. The molecule has 1 saturated heterocycles. The molecule has 0 aliphatic carbocycles. The Kier molecular flexibility index (Phi) is 6.66. The summed E-state index contributed by atoms with van der Waals surface area (Å²) in [5, 5.41) is 8.96. The van der Waals surface area contributed by atoms with Crippen LogP contribution in [-0.4, -0.2) is 35.0 Å². The third-order valence-corrected chi connectivity index (χ3v) is 4.02. The molecule has 2 aromatic carbocycles. The second kappa shape index (κ2) is 8.94. The summed E-state index contributed by atoms with van der Waals surface area (Å²) < 4.78 is 24.8. The average molecular weight is 362 g/mol. The lowest BCUT2D eigenvalue weighted by molar-refractivity contribution is -0.143. The van der Waals surface area contributed by atoms with E-state index in [0.29, 0.717) is 30.6 Å². The first-order valence-corrected chi connectivity index (χ1v) is 8.15. The van der Waals surface area contributed by atoms with E-state index >= 15 is 0 Å². The van der Waals surface area contributed by atoms with Crippen LogP contribution in [0.3, 0.4) is 0 Å². The van der Waals surface area contributed by atoms with Crippen LogP contribution in [0.1, 0.15) is 23.2 Å². The molecule has 3 rings (SSSR count). The van der Waals surface area contributed by atoms with Crippen LogP contribution >= 0.6 is 0 Å². The van der Waals surface area contributed by atoms with Gasteiger partial charge in [-0.1, -0.05) is 0 Å². The van der Waals surface area contributed by atoms with E-state index in [1.165, 1.54) is 53.4 Å². The fourth-order valence-electron chi connectivity index (χ4n) is 2.60. The number of anilines is 1. The summed E-state index contributed by atoms with van der Waals surface area (Å²) in [4.78, 5) is 24.5. The van der Waals surface area contributed by atoms with E-state index in [1.807, 2.05) is 0 Å². The number of carbonyl (C=O) groups excluding carboxylic acids is 1. The lowest BCUT2D eigenvalue weighted by Gasteiger charge is -2.30. The number of hydrogen-bond acceptors (Lipinski definition) is 3. The summed E-state index contributed by atoms with van der Waals surface area (Å²) in [6.07, 6.45) is 1.28. The number of hydrogen-bond donors (Lipinski definition) is 2. The number of halogens is 2. The summed E-state index contributed by atoms with van der Waals surface area (Å²) >= 11 is 0. The normalized spacial score (nSPS) is 16.4. The van der Waals surface area contributed by atoms with Crippen molar-refractivity contribution in [2.45, 2.75) is 12.8 Å². The fraction of sp³-hybridized carbons (Fsp3) is 0.263. The van der Waals surface area contributed by atoms with Crippen LogP contribution in [0.4, 0.5) is 14.5 Å². The number of likely N-dealkylation sites (tertiary alicyclic amines) is 1. The lowest BCUT2D eigenvalue weighted by Crippen LogP contribution is -2.42. The van der Waals surface area contributed by atoms with Crippen molar-refractivity contribution in [3.8, 4) is 0 Å². The largest absolute Gasteiger partial charge is 0.481 e. The van der Waals surface area contributed by atoms with Crippen molar-refractivity contribution in [1.29, 1.82) is 0 Å². The van der Waals surface area contributed by atoms with Gasteiger partial charge in [-0.3, -0.25) is 9.59 Å². The Labute approximate surface area is 150 Å². The Balaban J connectivity index is 0.000000254. The van der Waals surface area contributed by atoms with Crippen LogP contribution in [0.15, 0.2) is 48.5 Å². The van der Waals surface area contributed by atoms with Gasteiger partial charge in [0.1, 0.15) is 11.6 Å². The van der Waals surface area contributed by atoms with E-state index in [4.69, 9.17) is 10.8 Å². The first-order chi connectivity index (χ1) is 12.4. The second-order valence-corrected chi connectivity index (χ2v) is 5.99. The predicted molar refractivity (Wildman–Crippen MR) is 93.5 cm³/mol. The zero-order valence-electron chi connectivity index (χ0n) is 14.1. The van der Waals surface area contributed by atoms with Crippen molar-refractivity contribution in [3.63, 3.8) is 0 Å². The van der Waals surface area contributed by atoms with Gasteiger partial charge in [0.15, 0.2) is 0 Å². The molecule has 26 heavy (non-hydrogen) atoms. The molecule has 1 fully saturated rings. The van der Waals surface area contributed by atoms with Gasteiger partial charge in [0.05, 0.1) is 5.92 Å². The van der Waals surface area contributed by atoms with Gasteiger partial charge in [-0.05, 0) is 61.4 Å². The molecule has 0 bridgehead atoms. The zero-order chi connectivity index (χ0) is 19.1. The molecule has 0 aromatic heterocycles. The Morgan fingerprint density at radius 1 is 1.00 bits per heavy atom. The molecule has 2 aromatic rings. The Hall–Kier alpha value is -2.96. The number of carbonyl (C=O) groups is 2. The third kappa shape index (κ3) is 5.54. The third-order valence-electron chi connectivity index (χ3n) is 4.02. The van der Waals surface area contributed by atoms with Gasteiger partial charge in [0.25, 0.3) is 5.91 Å². The summed E-state index contributed by atoms with van der Waals surface area (Å²) in [5.41, 5.74) is 6.24. The maximum atomic E-state index is 12.8. The van der Waals surface area contributed by atoms with Crippen molar-refractivity contribution in [2.75, 3.05) is 18.8 Å². The van der Waals surface area contributed by atoms with Crippen molar-refractivity contribution < 1.29 is 23.5 Å². The Bertz CT molecular complexity index is 727. The molecule has 0 saturated carbocycles. The van der Waals surface area contributed by atoms with Gasteiger partial charge in [0, 0.05) is 24.3 Å². The lowest BCUT2D eigenvalue weighted by atomic mass is 9.97. The molecule has 1 atom stereocenters. The molecule has 0 unspecified atom stereocenters. The van der Waals surface area contributed by atoms with Crippen molar-refractivity contribution >= 4 is 17.6 Å².